The lowest BCUT2D eigenvalue weighted by Crippen LogP contribution is -2.42. The molecule has 0 aliphatic rings. The van der Waals surface area contributed by atoms with Crippen LogP contribution in [0.5, 0.6) is 0 Å². The molecule has 3 nitrogen and oxygen atoms in total. The van der Waals surface area contributed by atoms with E-state index in [1.807, 2.05) is 6.92 Å². The van der Waals surface area contributed by atoms with Gasteiger partial charge >= 0.3 is 0 Å². The minimum Gasteiger partial charge on any atom is -0.381 e. The van der Waals surface area contributed by atoms with Crippen molar-refractivity contribution in [1.29, 1.82) is 0 Å². The Bertz CT molecular complexity index is 458. The highest BCUT2D eigenvalue weighted by molar-refractivity contribution is 5.83. The van der Waals surface area contributed by atoms with Gasteiger partial charge in [0.2, 0.25) is 0 Å². The van der Waals surface area contributed by atoms with E-state index in [-0.39, 0.29) is 5.91 Å². The second-order valence-electron chi connectivity index (χ2n) is 6.06. The number of nitrogens with zero attached hydrogens (tertiary/aromatic N) is 1. The fourth-order valence-electron chi connectivity index (χ4n) is 2.02. The van der Waals surface area contributed by atoms with Crippen molar-refractivity contribution in [1.82, 2.24) is 4.90 Å². The summed E-state index contributed by atoms with van der Waals surface area (Å²) in [4.78, 5) is 13.6. The summed E-state index contributed by atoms with van der Waals surface area (Å²) in [6.45, 7) is 9.91. The van der Waals surface area contributed by atoms with E-state index >= 15 is 0 Å². The highest BCUT2D eigenvalue weighted by atomic mass is 16.3. The third kappa shape index (κ3) is 4.06. The van der Waals surface area contributed by atoms with Crippen LogP contribution in [0.2, 0.25) is 0 Å². The average Bonchev–Trinajstić information content (AvgIpc) is 2.29. The van der Waals surface area contributed by atoms with Crippen LogP contribution in [0.1, 0.15) is 50.3 Å². The first-order valence-corrected chi connectivity index (χ1v) is 6.70. The minimum absolute atomic E-state index is 0.262. The van der Waals surface area contributed by atoms with Crippen LogP contribution in [0.25, 0.3) is 0 Å². The summed E-state index contributed by atoms with van der Waals surface area (Å²) in [5.74, 6) is 0.205. The maximum absolute atomic E-state index is 12.0. The molecule has 1 N–H and O–H groups in total. The Hall–Kier alpha value is -1.35. The van der Waals surface area contributed by atoms with Gasteiger partial charge in [0.1, 0.15) is 5.60 Å². The van der Waals surface area contributed by atoms with Crippen molar-refractivity contribution in [3.05, 3.63) is 34.9 Å². The normalized spacial score (nSPS) is 11.8. The third-order valence-corrected chi connectivity index (χ3v) is 3.32. The largest absolute Gasteiger partial charge is 0.381 e. The van der Waals surface area contributed by atoms with Gasteiger partial charge in [-0.1, -0.05) is 32.0 Å². The van der Waals surface area contributed by atoms with Crippen LogP contribution < -0.4 is 0 Å². The number of hydrogen-bond acceptors (Lipinski definition) is 2. The Balaban J connectivity index is 2.93. The Morgan fingerprint density at radius 1 is 1.37 bits per heavy atom. The molecule has 0 heterocycles. The smallest absolute Gasteiger partial charge is 0.253 e. The molecule has 0 bridgehead atoms. The summed E-state index contributed by atoms with van der Waals surface area (Å²) in [5, 5.41) is 9.76. The average molecular weight is 263 g/mol. The maximum Gasteiger partial charge on any atom is 0.253 e. The van der Waals surface area contributed by atoms with E-state index in [0.717, 1.165) is 5.56 Å². The molecule has 0 unspecified atom stereocenters. The Kier molecular flexibility index (Phi) is 4.75. The molecule has 0 fully saturated rings. The number of aliphatic hydroxyl groups is 1. The molecule has 0 saturated carbocycles. The lowest BCUT2D eigenvalue weighted by molar-refractivity contribution is -0.146. The fraction of sp³-hybridized carbons (Fsp3) is 0.562. The van der Waals surface area contributed by atoms with Crippen molar-refractivity contribution in [2.45, 2.75) is 52.7 Å². The van der Waals surface area contributed by atoms with Crippen molar-refractivity contribution in [3.8, 4) is 0 Å². The summed E-state index contributed by atoms with van der Waals surface area (Å²) < 4.78 is 0. The summed E-state index contributed by atoms with van der Waals surface area (Å²) in [7, 11) is 1.72. The molecule has 3 heteroatoms. The lowest BCUT2D eigenvalue weighted by atomic mass is 9.97. The molecule has 0 saturated heterocycles. The molecular formula is C16H25NO2. The maximum atomic E-state index is 12.0. The van der Waals surface area contributed by atoms with E-state index in [1.165, 1.54) is 25.0 Å². The highest BCUT2D eigenvalue weighted by Crippen LogP contribution is 2.20. The number of carbonyl (C=O) groups excluding carboxylic acids is 1. The van der Waals surface area contributed by atoms with E-state index in [9.17, 15) is 9.90 Å². The van der Waals surface area contributed by atoms with Crippen molar-refractivity contribution < 1.29 is 9.90 Å². The molecule has 0 radical (unpaired) electrons. The zero-order valence-corrected chi connectivity index (χ0v) is 12.8. The summed E-state index contributed by atoms with van der Waals surface area (Å²) in [6, 6.07) is 6.36. The highest BCUT2D eigenvalue weighted by Gasteiger charge is 2.27. The van der Waals surface area contributed by atoms with E-state index in [2.05, 4.69) is 32.0 Å². The third-order valence-electron chi connectivity index (χ3n) is 3.32. The molecule has 0 aromatic heterocycles. The topological polar surface area (TPSA) is 40.5 Å². The van der Waals surface area contributed by atoms with Crippen molar-refractivity contribution in [2.24, 2.45) is 0 Å². The number of amides is 1. The van der Waals surface area contributed by atoms with Crippen LogP contribution in [0.3, 0.4) is 0 Å². The van der Waals surface area contributed by atoms with Crippen LogP contribution in [0.4, 0.5) is 0 Å². The van der Waals surface area contributed by atoms with Gasteiger partial charge in [0.25, 0.3) is 5.91 Å². The SMILES string of the molecule is Cc1ccc(C(C)C)cc1CN(C)C(=O)C(C)(C)O. The van der Waals surface area contributed by atoms with Gasteiger partial charge in [-0.25, -0.2) is 0 Å². The number of carbonyl (C=O) groups is 1. The first-order chi connectivity index (χ1) is 8.62. The first kappa shape index (κ1) is 15.7. The zero-order chi connectivity index (χ0) is 14.8. The molecule has 0 aliphatic heterocycles. The predicted molar refractivity (Wildman–Crippen MR) is 78.0 cm³/mol. The molecule has 1 aromatic rings. The van der Waals surface area contributed by atoms with Crippen molar-refractivity contribution in [2.75, 3.05) is 7.05 Å². The fourth-order valence-corrected chi connectivity index (χ4v) is 2.02. The quantitative estimate of drug-likeness (QED) is 0.907. The Morgan fingerprint density at radius 3 is 2.42 bits per heavy atom. The van der Waals surface area contributed by atoms with E-state index in [4.69, 9.17) is 0 Å². The van der Waals surface area contributed by atoms with Gasteiger partial charge in [-0.15, -0.1) is 0 Å². The van der Waals surface area contributed by atoms with E-state index in [0.29, 0.717) is 12.5 Å². The van der Waals surface area contributed by atoms with Crippen LogP contribution in [0.15, 0.2) is 18.2 Å². The molecule has 1 aromatic carbocycles. The monoisotopic (exact) mass is 263 g/mol. The molecule has 1 amide bonds. The second kappa shape index (κ2) is 5.74. The number of likely N-dealkylation sites (N-methyl/N-ethyl adjacent to an activating group) is 1. The van der Waals surface area contributed by atoms with Gasteiger partial charge in [-0.3, -0.25) is 4.79 Å². The molecule has 19 heavy (non-hydrogen) atoms. The molecule has 106 valence electrons. The summed E-state index contributed by atoms with van der Waals surface area (Å²) >= 11 is 0. The van der Waals surface area contributed by atoms with Crippen LogP contribution in [0, 0.1) is 6.92 Å². The van der Waals surface area contributed by atoms with Gasteiger partial charge in [-0.2, -0.15) is 0 Å². The van der Waals surface area contributed by atoms with Crippen molar-refractivity contribution in [3.63, 3.8) is 0 Å². The number of benzene rings is 1. The Labute approximate surface area is 116 Å². The van der Waals surface area contributed by atoms with Crippen molar-refractivity contribution >= 4 is 5.91 Å². The van der Waals surface area contributed by atoms with Crippen LogP contribution in [-0.4, -0.2) is 28.6 Å². The molecule has 0 aliphatic carbocycles. The van der Waals surface area contributed by atoms with Crippen LogP contribution >= 0.6 is 0 Å². The second-order valence-corrected chi connectivity index (χ2v) is 6.06. The predicted octanol–water partition coefficient (Wildman–Crippen LogP) is 2.85. The summed E-state index contributed by atoms with van der Waals surface area (Å²) in [5.41, 5.74) is 2.24. The lowest BCUT2D eigenvalue weighted by Gasteiger charge is -2.26. The molecule has 1 rings (SSSR count). The van der Waals surface area contributed by atoms with Gasteiger partial charge in [0, 0.05) is 13.6 Å². The van der Waals surface area contributed by atoms with Crippen LogP contribution in [-0.2, 0) is 11.3 Å². The van der Waals surface area contributed by atoms with Gasteiger partial charge in [0.05, 0.1) is 0 Å². The molecular weight excluding hydrogens is 238 g/mol. The Morgan fingerprint density at radius 2 is 1.95 bits per heavy atom. The molecule has 0 atom stereocenters. The number of hydrogen-bond donors (Lipinski definition) is 1. The standard InChI is InChI=1S/C16H25NO2/c1-11(2)13-8-7-12(3)14(9-13)10-17(6)15(18)16(4,5)19/h7-9,11,19H,10H2,1-6H3. The number of rotatable bonds is 4. The molecule has 0 spiro atoms. The number of aryl methyl sites for hydroxylation is 1. The van der Waals surface area contributed by atoms with Gasteiger partial charge < -0.3 is 10.0 Å². The van der Waals surface area contributed by atoms with E-state index < -0.39 is 5.60 Å². The zero-order valence-electron chi connectivity index (χ0n) is 12.8. The van der Waals surface area contributed by atoms with Gasteiger partial charge in [0.15, 0.2) is 0 Å². The summed E-state index contributed by atoms with van der Waals surface area (Å²) in [6.07, 6.45) is 0. The minimum atomic E-state index is -1.32. The first-order valence-electron chi connectivity index (χ1n) is 6.70. The van der Waals surface area contributed by atoms with E-state index in [1.54, 1.807) is 11.9 Å². The van der Waals surface area contributed by atoms with Gasteiger partial charge in [-0.05, 0) is 43.4 Å².